The predicted molar refractivity (Wildman–Crippen MR) is 118 cm³/mol. The molecule has 0 bridgehead atoms. The van der Waals surface area contributed by atoms with Crippen molar-refractivity contribution in [1.29, 1.82) is 0 Å². The van der Waals surface area contributed by atoms with Crippen LogP contribution in [0.1, 0.15) is 22.0 Å². The Morgan fingerprint density at radius 3 is 2.39 bits per heavy atom. The predicted octanol–water partition coefficient (Wildman–Crippen LogP) is 6.66. The smallest absolute Gasteiger partial charge is 0.318 e. The SMILES string of the molecule is Cn1cc([N+](=O)[O-])c(C(=O)/C=C/c2ccc(COc3c(Cl)c(Cl)c(Cl)c(Cl)c3Cl)o2)n1. The lowest BCUT2D eigenvalue weighted by Crippen LogP contribution is -2.00. The van der Waals surface area contributed by atoms with Crippen LogP contribution in [0.5, 0.6) is 5.75 Å². The third kappa shape index (κ3) is 4.99. The van der Waals surface area contributed by atoms with E-state index in [1.54, 1.807) is 12.1 Å². The van der Waals surface area contributed by atoms with Gasteiger partial charge in [-0.1, -0.05) is 58.0 Å². The Labute approximate surface area is 200 Å². The molecule has 13 heteroatoms. The van der Waals surface area contributed by atoms with Gasteiger partial charge in [0.15, 0.2) is 5.75 Å². The summed E-state index contributed by atoms with van der Waals surface area (Å²) in [7, 11) is 1.48. The number of aryl methyl sites for hydroxylation is 1. The summed E-state index contributed by atoms with van der Waals surface area (Å²) < 4.78 is 12.3. The van der Waals surface area contributed by atoms with E-state index in [9.17, 15) is 14.9 Å². The molecule has 0 fully saturated rings. The molecule has 0 unspecified atom stereocenters. The van der Waals surface area contributed by atoms with E-state index in [-0.39, 0.29) is 48.9 Å². The highest BCUT2D eigenvalue weighted by molar-refractivity contribution is 6.55. The number of aromatic nitrogens is 2. The highest BCUT2D eigenvalue weighted by Crippen LogP contribution is 2.48. The molecule has 0 aliphatic carbocycles. The van der Waals surface area contributed by atoms with Gasteiger partial charge in [0.2, 0.25) is 11.5 Å². The van der Waals surface area contributed by atoms with Crippen LogP contribution in [0.2, 0.25) is 25.1 Å². The van der Waals surface area contributed by atoms with Gasteiger partial charge in [-0.15, -0.1) is 0 Å². The highest BCUT2D eigenvalue weighted by Gasteiger charge is 2.23. The molecule has 0 spiro atoms. The lowest BCUT2D eigenvalue weighted by atomic mass is 10.2. The molecule has 0 N–H and O–H groups in total. The van der Waals surface area contributed by atoms with E-state index < -0.39 is 10.7 Å². The van der Waals surface area contributed by atoms with E-state index in [4.69, 9.17) is 67.2 Å². The summed E-state index contributed by atoms with van der Waals surface area (Å²) in [5.41, 5.74) is -0.667. The van der Waals surface area contributed by atoms with Gasteiger partial charge < -0.3 is 9.15 Å². The number of rotatable bonds is 7. The van der Waals surface area contributed by atoms with Crippen LogP contribution in [-0.2, 0) is 13.7 Å². The Morgan fingerprint density at radius 1 is 1.16 bits per heavy atom. The van der Waals surface area contributed by atoms with Gasteiger partial charge in [-0.05, 0) is 24.3 Å². The first-order valence-corrected chi connectivity index (χ1v) is 10.1. The third-order valence-corrected chi connectivity index (χ3v) is 6.09. The van der Waals surface area contributed by atoms with Crippen LogP contribution in [0.25, 0.3) is 6.08 Å². The van der Waals surface area contributed by atoms with E-state index in [1.165, 1.54) is 17.8 Å². The maximum atomic E-state index is 12.2. The summed E-state index contributed by atoms with van der Waals surface area (Å²) >= 11 is 30.1. The zero-order valence-electron chi connectivity index (χ0n) is 15.4. The monoisotopic (exact) mass is 523 g/mol. The fourth-order valence-electron chi connectivity index (χ4n) is 2.44. The van der Waals surface area contributed by atoms with Crippen LogP contribution in [0, 0.1) is 10.1 Å². The molecule has 0 amide bonds. The second kappa shape index (κ2) is 9.50. The summed E-state index contributed by atoms with van der Waals surface area (Å²) in [6.45, 7) is -0.0821. The number of carbonyl (C=O) groups excluding carboxylic acids is 1. The maximum Gasteiger partial charge on any atom is 0.318 e. The van der Waals surface area contributed by atoms with Crippen LogP contribution in [-0.4, -0.2) is 20.5 Å². The fraction of sp³-hybridized carbons (Fsp3) is 0.111. The summed E-state index contributed by atoms with van der Waals surface area (Å²) in [5, 5.41) is 14.8. The van der Waals surface area contributed by atoms with Gasteiger partial charge in [0.25, 0.3) is 0 Å². The molecule has 0 radical (unpaired) electrons. The molecule has 3 rings (SSSR count). The Balaban J connectivity index is 1.72. The van der Waals surface area contributed by atoms with Crippen molar-refractivity contribution in [2.75, 3.05) is 0 Å². The first kappa shape index (κ1) is 23.4. The van der Waals surface area contributed by atoms with Crippen molar-refractivity contribution in [1.82, 2.24) is 9.78 Å². The number of nitrogens with zero attached hydrogens (tertiary/aromatic N) is 3. The molecule has 162 valence electrons. The average Bonchev–Trinajstić information content (AvgIpc) is 3.35. The standard InChI is InChI=1S/C18H10Cl5N3O5/c1-25-6-10(26(28)29)17(24-25)11(27)5-4-8-2-3-9(31-8)7-30-18-15(22)13(20)12(19)14(21)16(18)23/h2-6H,7H2,1H3/b5-4+. The number of ether oxygens (including phenoxy) is 1. The van der Waals surface area contributed by atoms with Gasteiger partial charge in [0.05, 0.1) is 20.0 Å². The number of carbonyl (C=O) groups is 1. The molecule has 2 aromatic heterocycles. The first-order valence-electron chi connectivity index (χ1n) is 8.23. The zero-order valence-corrected chi connectivity index (χ0v) is 19.1. The molecule has 0 aliphatic heterocycles. The number of nitro groups is 1. The molecule has 0 atom stereocenters. The molecule has 0 aliphatic rings. The number of benzene rings is 1. The minimum Gasteiger partial charge on any atom is -0.482 e. The lowest BCUT2D eigenvalue weighted by molar-refractivity contribution is -0.385. The van der Waals surface area contributed by atoms with Crippen LogP contribution in [0.3, 0.4) is 0 Å². The van der Waals surface area contributed by atoms with Crippen molar-refractivity contribution < 1.29 is 18.9 Å². The van der Waals surface area contributed by atoms with Crippen molar-refractivity contribution in [3.8, 4) is 5.75 Å². The second-order valence-corrected chi connectivity index (χ2v) is 7.87. The minimum absolute atomic E-state index is 0.00192. The Kier molecular flexibility index (Phi) is 7.18. The number of hydrogen-bond acceptors (Lipinski definition) is 6. The van der Waals surface area contributed by atoms with Crippen LogP contribution in [0.4, 0.5) is 5.69 Å². The molecule has 1 aromatic carbocycles. The molecule has 0 saturated heterocycles. The van der Waals surface area contributed by atoms with Gasteiger partial charge in [-0.25, -0.2) is 0 Å². The largest absolute Gasteiger partial charge is 0.482 e. The summed E-state index contributed by atoms with van der Waals surface area (Å²) in [4.78, 5) is 22.6. The van der Waals surface area contributed by atoms with Gasteiger partial charge in [0.1, 0.15) is 34.4 Å². The van der Waals surface area contributed by atoms with Crippen molar-refractivity contribution in [2.24, 2.45) is 7.05 Å². The fourth-order valence-corrected chi connectivity index (χ4v) is 3.67. The normalized spacial score (nSPS) is 11.3. The Morgan fingerprint density at radius 2 is 1.77 bits per heavy atom. The minimum atomic E-state index is -0.679. The molecule has 8 nitrogen and oxygen atoms in total. The molecule has 3 aromatic rings. The van der Waals surface area contributed by atoms with Gasteiger partial charge in [0, 0.05) is 7.05 Å². The summed E-state index contributed by atoms with van der Waals surface area (Å²) in [6, 6.07) is 3.16. The Hall–Kier alpha value is -2.23. The Bertz CT molecular complexity index is 1190. The highest BCUT2D eigenvalue weighted by atomic mass is 35.5. The van der Waals surface area contributed by atoms with E-state index in [0.717, 1.165) is 12.3 Å². The van der Waals surface area contributed by atoms with Crippen molar-refractivity contribution >= 4 is 75.6 Å². The van der Waals surface area contributed by atoms with Crippen molar-refractivity contribution in [3.05, 3.63) is 76.8 Å². The van der Waals surface area contributed by atoms with Crippen LogP contribution < -0.4 is 4.74 Å². The first-order chi connectivity index (χ1) is 14.6. The summed E-state index contributed by atoms with van der Waals surface area (Å²) in [5.74, 6) is 0.0551. The van der Waals surface area contributed by atoms with Gasteiger partial charge in [-0.2, -0.15) is 5.10 Å². The molecule has 31 heavy (non-hydrogen) atoms. The van der Waals surface area contributed by atoms with Gasteiger partial charge >= 0.3 is 5.69 Å². The topological polar surface area (TPSA) is 100 Å². The van der Waals surface area contributed by atoms with Gasteiger partial charge in [-0.3, -0.25) is 19.6 Å². The van der Waals surface area contributed by atoms with E-state index in [0.29, 0.717) is 11.5 Å². The number of allylic oxidation sites excluding steroid dienone is 1. The average molecular weight is 526 g/mol. The lowest BCUT2D eigenvalue weighted by Gasteiger charge is -2.12. The molecule has 2 heterocycles. The van der Waals surface area contributed by atoms with Crippen LogP contribution >= 0.6 is 58.0 Å². The number of hydrogen-bond donors (Lipinski definition) is 0. The number of ketones is 1. The summed E-state index contributed by atoms with van der Waals surface area (Å²) in [6.07, 6.45) is 3.61. The zero-order chi connectivity index (χ0) is 22.9. The quantitative estimate of drug-likeness (QED) is 0.0854. The van der Waals surface area contributed by atoms with E-state index in [1.807, 2.05) is 0 Å². The number of furan rings is 1. The second-order valence-electron chi connectivity index (χ2n) is 5.98. The van der Waals surface area contributed by atoms with Crippen LogP contribution in [0.15, 0.2) is 28.8 Å². The van der Waals surface area contributed by atoms with E-state index >= 15 is 0 Å². The third-order valence-electron chi connectivity index (χ3n) is 3.85. The van der Waals surface area contributed by atoms with Crippen molar-refractivity contribution in [3.63, 3.8) is 0 Å². The van der Waals surface area contributed by atoms with Crippen molar-refractivity contribution in [2.45, 2.75) is 6.61 Å². The molecule has 0 saturated carbocycles. The maximum absolute atomic E-state index is 12.2. The number of halogens is 5. The molecular formula is C18H10Cl5N3O5. The van der Waals surface area contributed by atoms with E-state index in [2.05, 4.69) is 5.10 Å². The molecular weight excluding hydrogens is 515 g/mol.